The monoisotopic (exact) mass is 345 g/mol. The fourth-order valence-corrected chi connectivity index (χ4v) is 0. The van der Waals surface area contributed by atoms with Crippen LogP contribution < -0.4 is 0 Å². The van der Waals surface area contributed by atoms with E-state index in [0.29, 0.717) is 0 Å². The molecule has 0 saturated heterocycles. The zero-order valence-electron chi connectivity index (χ0n) is 2.71. The molecular formula is H5OPPbRb. The first-order chi connectivity index (χ1) is 0. The van der Waals surface area contributed by atoms with E-state index >= 15 is 0 Å². The summed E-state index contributed by atoms with van der Waals surface area (Å²) >= 11 is 0. The van der Waals surface area contributed by atoms with Crippen LogP contribution in [0.25, 0.3) is 0 Å². The Bertz CT molecular complexity index is 8.00. The van der Waals surface area contributed by atoms with Crippen LogP contribution in [0, 0.1) is 0 Å². The van der Waals surface area contributed by atoms with E-state index in [4.69, 9.17) is 0 Å². The molecular weight excluding hydrogens is 340 g/mol. The van der Waals surface area contributed by atoms with Gasteiger partial charge in [-0.3, -0.25) is 0 Å². The normalized spacial score (nSPS) is 0. The molecule has 0 aromatic heterocycles. The van der Waals surface area contributed by atoms with Gasteiger partial charge >= 0.3 is 0 Å². The number of hydrogen-bond donors (Lipinski definition) is 0. The predicted octanol–water partition coefficient (Wildman–Crippen LogP) is -1.53. The van der Waals surface area contributed by atoms with Gasteiger partial charge in [0.15, 0.2) is 0 Å². The molecule has 0 aromatic carbocycles. The van der Waals surface area contributed by atoms with Gasteiger partial charge in [0.05, 0.1) is 0 Å². The van der Waals surface area contributed by atoms with Crippen molar-refractivity contribution >= 4 is 95.4 Å². The quantitative estimate of drug-likeness (QED) is 0.377. The molecule has 0 aliphatic carbocycles. The maximum atomic E-state index is 0. The molecule has 0 aromatic rings. The van der Waals surface area contributed by atoms with Gasteiger partial charge in [0, 0.05) is 85.5 Å². The topological polar surface area (TPSA) is 31.5 Å². The molecule has 2 N–H and O–H groups in total. The van der Waals surface area contributed by atoms with Crippen molar-refractivity contribution in [3.8, 4) is 0 Å². The third kappa shape index (κ3) is 8.93. The van der Waals surface area contributed by atoms with Crippen molar-refractivity contribution in [2.45, 2.75) is 0 Å². The van der Waals surface area contributed by atoms with Crippen LogP contribution in [0.15, 0.2) is 0 Å². The fraction of sp³-hybridized carbons (Fsp3) is 0. The third-order valence-electron chi connectivity index (χ3n) is 0. The standard InChI is InChI=1S/H2O.H3P.Pb.Rb/h1H2;1H3;;. The van der Waals surface area contributed by atoms with Crippen LogP contribution in [0.4, 0.5) is 0 Å². The molecule has 0 spiro atoms. The molecule has 4 heavy (non-hydrogen) atoms. The summed E-state index contributed by atoms with van der Waals surface area (Å²) in [6.07, 6.45) is 0. The Kier molecular flexibility index (Phi) is 113. The van der Waals surface area contributed by atoms with Crippen molar-refractivity contribution in [3.63, 3.8) is 0 Å². The maximum Gasteiger partial charge on any atom is 0 e. The van der Waals surface area contributed by atoms with Crippen molar-refractivity contribution in [1.29, 1.82) is 0 Å². The second kappa shape index (κ2) is 16.5. The van der Waals surface area contributed by atoms with Gasteiger partial charge in [0.1, 0.15) is 0 Å². The van der Waals surface area contributed by atoms with Crippen molar-refractivity contribution in [2.75, 3.05) is 0 Å². The summed E-state index contributed by atoms with van der Waals surface area (Å²) in [5, 5.41) is 0. The largest absolute Gasteiger partial charge is 0.412 e. The van der Waals surface area contributed by atoms with E-state index in [2.05, 4.69) is 0 Å². The van der Waals surface area contributed by atoms with Crippen LogP contribution in [-0.2, 0) is 0 Å². The smallest absolute Gasteiger partial charge is 0 e. The molecule has 0 aliphatic heterocycles. The molecule has 5 radical (unpaired) electrons. The Morgan fingerprint density at radius 3 is 1.00 bits per heavy atom. The van der Waals surface area contributed by atoms with E-state index in [9.17, 15) is 0 Å². The zero-order valence-corrected chi connectivity index (χ0v) is 12.9. The maximum absolute atomic E-state index is 0. The second-order valence-corrected chi connectivity index (χ2v) is 0. The Labute approximate surface area is 98.2 Å². The average Bonchev–Trinajstić information content (AvgIpc) is 0. The Morgan fingerprint density at radius 2 is 1.00 bits per heavy atom. The summed E-state index contributed by atoms with van der Waals surface area (Å²) in [6, 6.07) is 0. The van der Waals surface area contributed by atoms with Gasteiger partial charge in [-0.2, -0.15) is 9.90 Å². The van der Waals surface area contributed by atoms with Gasteiger partial charge in [-0.15, -0.1) is 0 Å². The Balaban J connectivity index is 0. The van der Waals surface area contributed by atoms with Gasteiger partial charge < -0.3 is 5.48 Å². The summed E-state index contributed by atoms with van der Waals surface area (Å²) in [4.78, 5) is 0. The summed E-state index contributed by atoms with van der Waals surface area (Å²) in [6.45, 7) is 0. The fourth-order valence-electron chi connectivity index (χ4n) is 0. The molecule has 0 aliphatic rings. The minimum atomic E-state index is 0. The number of rotatable bonds is 0. The predicted molar refractivity (Wildman–Crippen MR) is 26.2 cm³/mol. The minimum Gasteiger partial charge on any atom is -0.412 e. The minimum absolute atomic E-state index is 0. The van der Waals surface area contributed by atoms with Gasteiger partial charge in [-0.05, 0) is 0 Å². The average molecular weight is 345 g/mol. The summed E-state index contributed by atoms with van der Waals surface area (Å²) in [5.41, 5.74) is 0. The molecule has 1 nitrogen and oxygen atoms in total. The molecule has 0 amide bonds. The van der Waals surface area contributed by atoms with Gasteiger partial charge in [0.25, 0.3) is 0 Å². The van der Waals surface area contributed by atoms with Crippen molar-refractivity contribution < 1.29 is 5.48 Å². The van der Waals surface area contributed by atoms with Crippen LogP contribution in [0.2, 0.25) is 0 Å². The molecule has 4 heteroatoms. The van der Waals surface area contributed by atoms with Crippen LogP contribution in [0.5, 0.6) is 0 Å². The van der Waals surface area contributed by atoms with Crippen molar-refractivity contribution in [1.82, 2.24) is 0 Å². The van der Waals surface area contributed by atoms with E-state index in [1.54, 1.807) is 0 Å². The van der Waals surface area contributed by atoms with Crippen LogP contribution in [0.3, 0.4) is 0 Å². The van der Waals surface area contributed by atoms with E-state index in [1.165, 1.54) is 0 Å². The molecule has 1 atom stereocenters. The Morgan fingerprint density at radius 1 is 1.00 bits per heavy atom. The van der Waals surface area contributed by atoms with Crippen molar-refractivity contribution in [3.05, 3.63) is 0 Å². The molecule has 1 unspecified atom stereocenters. The van der Waals surface area contributed by atoms with E-state index in [0.717, 1.165) is 0 Å². The van der Waals surface area contributed by atoms with Gasteiger partial charge in [0.2, 0.25) is 0 Å². The summed E-state index contributed by atoms with van der Waals surface area (Å²) in [7, 11) is 0. The first-order valence-corrected chi connectivity index (χ1v) is 0. The SMILES string of the molecule is O.P.[Pb].[Rb]. The van der Waals surface area contributed by atoms with Gasteiger partial charge in [-0.1, -0.05) is 0 Å². The van der Waals surface area contributed by atoms with E-state index in [-0.39, 0.29) is 101 Å². The van der Waals surface area contributed by atoms with Crippen LogP contribution in [-0.4, -0.2) is 91.0 Å². The molecule has 0 rings (SSSR count). The number of hydrogen-bond acceptors (Lipinski definition) is 0. The summed E-state index contributed by atoms with van der Waals surface area (Å²) in [5.74, 6) is 0. The Hall–Kier alpha value is 3.12. The zero-order chi connectivity index (χ0) is 0. The molecule has 0 saturated carbocycles. The molecule has 0 bridgehead atoms. The first-order valence-electron chi connectivity index (χ1n) is 0. The summed E-state index contributed by atoms with van der Waals surface area (Å²) < 4.78 is 0. The molecule has 0 heterocycles. The van der Waals surface area contributed by atoms with E-state index in [1.807, 2.05) is 0 Å². The molecule has 21 valence electrons. The van der Waals surface area contributed by atoms with Crippen LogP contribution in [0.1, 0.15) is 0 Å². The van der Waals surface area contributed by atoms with E-state index < -0.39 is 0 Å². The second-order valence-electron chi connectivity index (χ2n) is 0. The first kappa shape index (κ1) is 27.4. The molecule has 0 fully saturated rings. The van der Waals surface area contributed by atoms with Crippen LogP contribution >= 0.6 is 9.90 Å². The van der Waals surface area contributed by atoms with Gasteiger partial charge in [-0.25, -0.2) is 0 Å². The third-order valence-corrected chi connectivity index (χ3v) is 0. The van der Waals surface area contributed by atoms with Crippen molar-refractivity contribution in [2.24, 2.45) is 0 Å².